The molecule has 3 aromatic rings. The molecule has 9 heteroatoms. The molecule has 0 atom stereocenters. The number of benzene rings is 3. The van der Waals surface area contributed by atoms with Crippen molar-refractivity contribution < 1.29 is 24.2 Å². The molecule has 0 aliphatic carbocycles. The second-order valence-electron chi connectivity index (χ2n) is 6.96. The smallest absolute Gasteiger partial charge is 0.335 e. The fraction of sp³-hybridized carbons (Fsp3) is 0.0800. The summed E-state index contributed by atoms with van der Waals surface area (Å²) in [5.74, 6) is -1.03. The van der Waals surface area contributed by atoms with Crippen molar-refractivity contribution in [1.29, 1.82) is 5.26 Å². The van der Waals surface area contributed by atoms with E-state index < -0.39 is 11.9 Å². The van der Waals surface area contributed by atoms with Crippen molar-refractivity contribution in [1.82, 2.24) is 0 Å². The van der Waals surface area contributed by atoms with E-state index in [1.165, 1.54) is 25.3 Å². The lowest BCUT2D eigenvalue weighted by Crippen LogP contribution is -2.13. The average Bonchev–Trinajstić information content (AvgIpc) is 2.83. The van der Waals surface area contributed by atoms with E-state index in [2.05, 4.69) is 5.32 Å². The van der Waals surface area contributed by atoms with Crippen LogP contribution in [-0.2, 0) is 11.4 Å². The number of nitrogens with one attached hydrogen (secondary N) is 1. The van der Waals surface area contributed by atoms with E-state index in [9.17, 15) is 14.9 Å². The predicted octanol–water partition coefficient (Wildman–Crippen LogP) is 5.82. The van der Waals surface area contributed by atoms with Crippen LogP contribution in [0.2, 0.25) is 10.0 Å². The summed E-state index contributed by atoms with van der Waals surface area (Å²) in [7, 11) is 1.44. The highest BCUT2D eigenvalue weighted by molar-refractivity contribution is 6.32. The van der Waals surface area contributed by atoms with Gasteiger partial charge in [0.05, 0.1) is 17.7 Å². The zero-order valence-corrected chi connectivity index (χ0v) is 19.4. The van der Waals surface area contributed by atoms with Gasteiger partial charge in [0.2, 0.25) is 0 Å². The molecule has 0 unspecified atom stereocenters. The van der Waals surface area contributed by atoms with Gasteiger partial charge < -0.3 is 19.9 Å². The minimum absolute atomic E-state index is 0.123. The molecule has 172 valence electrons. The molecule has 0 fully saturated rings. The van der Waals surface area contributed by atoms with Gasteiger partial charge in [-0.25, -0.2) is 4.79 Å². The molecule has 3 rings (SSSR count). The van der Waals surface area contributed by atoms with Crippen molar-refractivity contribution in [2.24, 2.45) is 0 Å². The molecule has 2 N–H and O–H groups in total. The van der Waals surface area contributed by atoms with Crippen LogP contribution in [0.4, 0.5) is 5.69 Å². The van der Waals surface area contributed by atoms with E-state index in [0.29, 0.717) is 22.0 Å². The largest absolute Gasteiger partial charge is 0.493 e. The molecule has 0 spiro atoms. The summed E-state index contributed by atoms with van der Waals surface area (Å²) in [6.07, 6.45) is 1.38. The standard InChI is InChI=1S/C25H18Cl2N2O5/c1-33-22-12-16(10-18(13-28)24(30)29-20-8-6-19(26)7-9-20)11-21(27)23(22)34-14-15-2-4-17(5-3-15)25(31)32/h2-12H,14H2,1H3,(H,29,30)(H,31,32)/b18-10-. The van der Waals surface area contributed by atoms with Gasteiger partial charge in [-0.3, -0.25) is 4.79 Å². The highest BCUT2D eigenvalue weighted by Crippen LogP contribution is 2.37. The van der Waals surface area contributed by atoms with Crippen LogP contribution in [0.1, 0.15) is 21.5 Å². The van der Waals surface area contributed by atoms with Gasteiger partial charge in [0.1, 0.15) is 18.2 Å². The molecule has 34 heavy (non-hydrogen) atoms. The maximum absolute atomic E-state index is 12.5. The third-order valence-corrected chi connectivity index (χ3v) is 5.15. The van der Waals surface area contributed by atoms with Gasteiger partial charge in [0.15, 0.2) is 11.5 Å². The van der Waals surface area contributed by atoms with Gasteiger partial charge in [0, 0.05) is 10.7 Å². The number of methoxy groups -OCH3 is 1. The quantitative estimate of drug-likeness (QED) is 0.300. The fourth-order valence-corrected chi connectivity index (χ4v) is 3.31. The minimum atomic E-state index is -1.01. The lowest BCUT2D eigenvalue weighted by atomic mass is 10.1. The molecule has 0 aliphatic rings. The Morgan fingerprint density at radius 2 is 1.76 bits per heavy atom. The first-order chi connectivity index (χ1) is 16.3. The van der Waals surface area contributed by atoms with Crippen LogP contribution in [0.5, 0.6) is 11.5 Å². The number of rotatable bonds is 8. The number of halogens is 2. The summed E-state index contributed by atoms with van der Waals surface area (Å²) in [5, 5.41) is 21.8. The summed E-state index contributed by atoms with van der Waals surface area (Å²) in [6.45, 7) is 0.123. The number of hydrogen-bond donors (Lipinski definition) is 2. The van der Waals surface area contributed by atoms with E-state index in [-0.39, 0.29) is 28.5 Å². The highest BCUT2D eigenvalue weighted by atomic mass is 35.5. The molecule has 3 aromatic carbocycles. The number of amides is 1. The number of aromatic carboxylic acids is 1. The van der Waals surface area contributed by atoms with Gasteiger partial charge >= 0.3 is 5.97 Å². The second kappa shape index (κ2) is 11.2. The number of carboxylic acids is 1. The van der Waals surface area contributed by atoms with Crippen LogP contribution in [0, 0.1) is 11.3 Å². The molecule has 0 radical (unpaired) electrons. The lowest BCUT2D eigenvalue weighted by molar-refractivity contribution is -0.112. The Balaban J connectivity index is 1.78. The first-order valence-electron chi connectivity index (χ1n) is 9.82. The van der Waals surface area contributed by atoms with E-state index in [0.717, 1.165) is 5.56 Å². The van der Waals surface area contributed by atoms with Crippen LogP contribution in [-0.4, -0.2) is 24.1 Å². The number of anilines is 1. The number of ether oxygens (including phenoxy) is 2. The zero-order chi connectivity index (χ0) is 24.7. The molecule has 0 saturated heterocycles. The third-order valence-electron chi connectivity index (χ3n) is 4.61. The Bertz CT molecular complexity index is 1280. The maximum atomic E-state index is 12.5. The Labute approximate surface area is 205 Å². The second-order valence-corrected chi connectivity index (χ2v) is 7.80. The Morgan fingerprint density at radius 1 is 1.09 bits per heavy atom. The molecule has 0 aromatic heterocycles. The van der Waals surface area contributed by atoms with Crippen molar-refractivity contribution in [3.8, 4) is 17.6 Å². The van der Waals surface area contributed by atoms with Crippen LogP contribution in [0.15, 0.2) is 66.2 Å². The SMILES string of the molecule is COc1cc(/C=C(/C#N)C(=O)Nc2ccc(Cl)cc2)cc(Cl)c1OCc1ccc(C(=O)O)cc1. The minimum Gasteiger partial charge on any atom is -0.493 e. The third kappa shape index (κ3) is 6.29. The number of nitriles is 1. The number of carboxylic acid groups (broad SMARTS) is 1. The fourth-order valence-electron chi connectivity index (χ4n) is 2.91. The van der Waals surface area contributed by atoms with Gasteiger partial charge in [0.25, 0.3) is 5.91 Å². The van der Waals surface area contributed by atoms with Crippen molar-refractivity contribution in [3.05, 3.63) is 93.0 Å². The maximum Gasteiger partial charge on any atom is 0.335 e. The van der Waals surface area contributed by atoms with Crippen LogP contribution < -0.4 is 14.8 Å². The monoisotopic (exact) mass is 496 g/mol. The molecule has 0 aliphatic heterocycles. The van der Waals surface area contributed by atoms with Crippen molar-refractivity contribution in [2.75, 3.05) is 12.4 Å². The Morgan fingerprint density at radius 3 is 2.35 bits per heavy atom. The van der Waals surface area contributed by atoms with Crippen molar-refractivity contribution >= 4 is 46.8 Å². The molecular formula is C25H18Cl2N2O5. The number of hydrogen-bond acceptors (Lipinski definition) is 5. The van der Waals surface area contributed by atoms with Crippen molar-refractivity contribution in [2.45, 2.75) is 6.61 Å². The first-order valence-corrected chi connectivity index (χ1v) is 10.6. The van der Waals surface area contributed by atoms with Crippen LogP contribution in [0.3, 0.4) is 0 Å². The highest BCUT2D eigenvalue weighted by Gasteiger charge is 2.15. The number of carbonyl (C=O) groups is 2. The summed E-state index contributed by atoms with van der Waals surface area (Å²) in [6, 6.07) is 17.7. The Kier molecular flexibility index (Phi) is 8.14. The summed E-state index contributed by atoms with van der Waals surface area (Å²) in [4.78, 5) is 23.5. The average molecular weight is 497 g/mol. The lowest BCUT2D eigenvalue weighted by Gasteiger charge is -2.14. The molecule has 0 bridgehead atoms. The van der Waals surface area contributed by atoms with Crippen LogP contribution in [0.25, 0.3) is 6.08 Å². The van der Waals surface area contributed by atoms with Crippen molar-refractivity contribution in [3.63, 3.8) is 0 Å². The van der Waals surface area contributed by atoms with Gasteiger partial charge in [-0.05, 0) is 65.7 Å². The Hall–Kier alpha value is -3.99. The number of carbonyl (C=O) groups excluding carboxylic acids is 1. The first kappa shape index (κ1) is 24.6. The summed E-state index contributed by atoms with van der Waals surface area (Å²) >= 11 is 12.2. The normalized spacial score (nSPS) is 10.8. The van der Waals surface area contributed by atoms with E-state index >= 15 is 0 Å². The molecule has 1 amide bonds. The van der Waals surface area contributed by atoms with Gasteiger partial charge in [-0.2, -0.15) is 5.26 Å². The van der Waals surface area contributed by atoms with E-state index in [4.69, 9.17) is 37.8 Å². The van der Waals surface area contributed by atoms with E-state index in [1.54, 1.807) is 48.5 Å². The number of nitrogens with zero attached hydrogens (tertiary/aromatic N) is 1. The van der Waals surface area contributed by atoms with Gasteiger partial charge in [-0.1, -0.05) is 35.3 Å². The predicted molar refractivity (Wildman–Crippen MR) is 129 cm³/mol. The molecule has 0 heterocycles. The molecular weight excluding hydrogens is 479 g/mol. The zero-order valence-electron chi connectivity index (χ0n) is 17.8. The van der Waals surface area contributed by atoms with Gasteiger partial charge in [-0.15, -0.1) is 0 Å². The van der Waals surface area contributed by atoms with Crippen LogP contribution >= 0.6 is 23.2 Å². The molecule has 0 saturated carbocycles. The summed E-state index contributed by atoms with van der Waals surface area (Å²) < 4.78 is 11.2. The topological polar surface area (TPSA) is 109 Å². The van der Waals surface area contributed by atoms with E-state index in [1.807, 2.05) is 6.07 Å². The molecule has 7 nitrogen and oxygen atoms in total. The summed E-state index contributed by atoms with van der Waals surface area (Å²) in [5.41, 5.74) is 1.72.